The van der Waals surface area contributed by atoms with Crippen LogP contribution in [0.5, 0.6) is 0 Å². The van der Waals surface area contributed by atoms with Crippen molar-refractivity contribution in [1.82, 2.24) is 4.90 Å². The molecule has 1 rings (SSSR count). The molecule has 0 aliphatic rings. The van der Waals surface area contributed by atoms with Gasteiger partial charge in [0.05, 0.1) is 12.2 Å². The van der Waals surface area contributed by atoms with Crippen molar-refractivity contribution in [3.05, 3.63) is 29.8 Å². The van der Waals surface area contributed by atoms with E-state index in [1.165, 1.54) is 0 Å². The first kappa shape index (κ1) is 17.5. The Labute approximate surface area is 128 Å². The fraction of sp³-hybridized carbons (Fsp3) is 0.588. The molecule has 0 aliphatic heterocycles. The number of anilines is 1. The maximum atomic E-state index is 12.8. The number of carbonyl (C=O) groups excluding carboxylic acids is 1. The molecule has 0 aliphatic carbocycles. The Hall–Kier alpha value is -1.55. The third-order valence-corrected chi connectivity index (χ3v) is 3.16. The summed E-state index contributed by atoms with van der Waals surface area (Å²) in [7, 11) is 1.66. The minimum Gasteiger partial charge on any atom is -0.384 e. The second-order valence-corrected chi connectivity index (χ2v) is 5.61. The molecule has 0 unspecified atom stereocenters. The van der Waals surface area contributed by atoms with Crippen LogP contribution in [0.25, 0.3) is 0 Å². The molecule has 0 radical (unpaired) electrons. The van der Waals surface area contributed by atoms with Crippen LogP contribution in [0.15, 0.2) is 24.3 Å². The highest BCUT2D eigenvalue weighted by atomic mass is 16.5. The Kier molecular flexibility index (Phi) is 7.83. The predicted molar refractivity (Wildman–Crippen MR) is 87.8 cm³/mol. The number of carbonyl (C=O) groups is 1. The van der Waals surface area contributed by atoms with Gasteiger partial charge < -0.3 is 15.0 Å². The number of nitrogens with one attached hydrogen (secondary N) is 1. The molecule has 4 nitrogen and oxygen atoms in total. The highest BCUT2D eigenvalue weighted by Crippen LogP contribution is 2.18. The van der Waals surface area contributed by atoms with Gasteiger partial charge in [0.25, 0.3) is 5.91 Å². The van der Waals surface area contributed by atoms with E-state index in [-0.39, 0.29) is 5.91 Å². The van der Waals surface area contributed by atoms with Crippen molar-refractivity contribution in [1.29, 1.82) is 0 Å². The molecule has 0 bridgehead atoms. The molecular weight excluding hydrogens is 264 g/mol. The van der Waals surface area contributed by atoms with Gasteiger partial charge in [-0.3, -0.25) is 4.79 Å². The van der Waals surface area contributed by atoms with Crippen LogP contribution in [0.2, 0.25) is 0 Å². The van der Waals surface area contributed by atoms with Crippen LogP contribution in [0.4, 0.5) is 5.69 Å². The molecular formula is C17H28N2O2. The standard InChI is InChI=1S/C17H28N2O2/c1-5-10-18-16-9-7-6-8-15(16)17(20)19(11-12-21-4)13-14(2)3/h6-9,14,18H,5,10-13H2,1-4H3. The van der Waals surface area contributed by atoms with E-state index in [9.17, 15) is 4.79 Å². The van der Waals surface area contributed by atoms with Gasteiger partial charge in [0.1, 0.15) is 0 Å². The van der Waals surface area contributed by atoms with Gasteiger partial charge in [-0.2, -0.15) is 0 Å². The summed E-state index contributed by atoms with van der Waals surface area (Å²) in [4.78, 5) is 14.7. The molecule has 118 valence electrons. The maximum Gasteiger partial charge on any atom is 0.256 e. The lowest BCUT2D eigenvalue weighted by Crippen LogP contribution is -2.37. The summed E-state index contributed by atoms with van der Waals surface area (Å²) in [5.41, 5.74) is 1.65. The molecule has 0 fully saturated rings. The van der Waals surface area contributed by atoms with Gasteiger partial charge in [0.15, 0.2) is 0 Å². The van der Waals surface area contributed by atoms with E-state index in [0.717, 1.165) is 30.8 Å². The van der Waals surface area contributed by atoms with Gasteiger partial charge in [-0.1, -0.05) is 32.9 Å². The Morgan fingerprint density at radius 2 is 2.05 bits per heavy atom. The lowest BCUT2D eigenvalue weighted by molar-refractivity contribution is 0.0673. The molecule has 0 atom stereocenters. The zero-order chi connectivity index (χ0) is 15.7. The third-order valence-electron chi connectivity index (χ3n) is 3.16. The van der Waals surface area contributed by atoms with E-state index in [0.29, 0.717) is 19.1 Å². The second-order valence-electron chi connectivity index (χ2n) is 5.61. The molecule has 0 spiro atoms. The Morgan fingerprint density at radius 3 is 2.67 bits per heavy atom. The number of ether oxygens (including phenoxy) is 1. The smallest absolute Gasteiger partial charge is 0.256 e. The summed E-state index contributed by atoms with van der Waals surface area (Å²) < 4.78 is 5.13. The molecule has 1 aromatic rings. The van der Waals surface area contributed by atoms with Crippen molar-refractivity contribution >= 4 is 11.6 Å². The summed E-state index contributed by atoms with van der Waals surface area (Å²) in [6.07, 6.45) is 1.03. The van der Waals surface area contributed by atoms with Gasteiger partial charge in [-0.05, 0) is 24.5 Å². The predicted octanol–water partition coefficient (Wildman–Crippen LogP) is 3.25. The highest BCUT2D eigenvalue weighted by molar-refractivity contribution is 5.99. The van der Waals surface area contributed by atoms with E-state index in [4.69, 9.17) is 4.74 Å². The number of benzene rings is 1. The molecule has 1 N–H and O–H groups in total. The normalized spacial score (nSPS) is 10.7. The van der Waals surface area contributed by atoms with E-state index < -0.39 is 0 Å². The first-order chi connectivity index (χ1) is 10.1. The molecule has 21 heavy (non-hydrogen) atoms. The molecule has 1 amide bonds. The van der Waals surface area contributed by atoms with E-state index in [2.05, 4.69) is 26.1 Å². The van der Waals surface area contributed by atoms with Crippen LogP contribution < -0.4 is 5.32 Å². The lowest BCUT2D eigenvalue weighted by Gasteiger charge is -2.25. The number of hydrogen-bond donors (Lipinski definition) is 1. The molecule has 1 aromatic carbocycles. The first-order valence-corrected chi connectivity index (χ1v) is 7.71. The van der Waals surface area contributed by atoms with Crippen molar-refractivity contribution < 1.29 is 9.53 Å². The van der Waals surface area contributed by atoms with Crippen molar-refractivity contribution in [2.45, 2.75) is 27.2 Å². The van der Waals surface area contributed by atoms with Crippen molar-refractivity contribution in [3.8, 4) is 0 Å². The van der Waals surface area contributed by atoms with Crippen molar-refractivity contribution in [2.75, 3.05) is 38.7 Å². The molecule has 0 aromatic heterocycles. The van der Waals surface area contributed by atoms with E-state index >= 15 is 0 Å². The molecule has 4 heteroatoms. The van der Waals surface area contributed by atoms with Crippen LogP contribution in [0.3, 0.4) is 0 Å². The Morgan fingerprint density at radius 1 is 1.33 bits per heavy atom. The average molecular weight is 292 g/mol. The van der Waals surface area contributed by atoms with Crippen LogP contribution in [-0.4, -0.2) is 44.2 Å². The van der Waals surface area contributed by atoms with E-state index in [1.807, 2.05) is 29.2 Å². The minimum absolute atomic E-state index is 0.0694. The van der Waals surface area contributed by atoms with Gasteiger partial charge in [0.2, 0.25) is 0 Å². The number of para-hydroxylation sites is 1. The minimum atomic E-state index is 0.0694. The van der Waals surface area contributed by atoms with Crippen molar-refractivity contribution in [3.63, 3.8) is 0 Å². The van der Waals surface area contributed by atoms with Gasteiger partial charge in [-0.25, -0.2) is 0 Å². The fourth-order valence-corrected chi connectivity index (χ4v) is 2.17. The molecule has 0 heterocycles. The summed E-state index contributed by atoms with van der Waals surface area (Å²) in [6.45, 7) is 9.14. The SMILES string of the molecule is CCCNc1ccccc1C(=O)N(CCOC)CC(C)C. The summed E-state index contributed by atoms with van der Waals surface area (Å²) in [5, 5.41) is 3.33. The second kappa shape index (κ2) is 9.40. The largest absolute Gasteiger partial charge is 0.384 e. The third kappa shape index (κ3) is 5.76. The quantitative estimate of drug-likeness (QED) is 0.759. The van der Waals surface area contributed by atoms with Gasteiger partial charge in [0, 0.05) is 32.4 Å². The number of methoxy groups -OCH3 is 1. The van der Waals surface area contributed by atoms with Gasteiger partial charge >= 0.3 is 0 Å². The topological polar surface area (TPSA) is 41.6 Å². The lowest BCUT2D eigenvalue weighted by atomic mass is 10.1. The number of amides is 1. The summed E-state index contributed by atoms with van der Waals surface area (Å²) >= 11 is 0. The zero-order valence-corrected chi connectivity index (χ0v) is 13.7. The van der Waals surface area contributed by atoms with Crippen LogP contribution in [0, 0.1) is 5.92 Å². The van der Waals surface area contributed by atoms with E-state index in [1.54, 1.807) is 7.11 Å². The Balaban J connectivity index is 2.91. The van der Waals surface area contributed by atoms with Crippen molar-refractivity contribution in [2.24, 2.45) is 5.92 Å². The summed E-state index contributed by atoms with van der Waals surface area (Å²) in [5.74, 6) is 0.501. The molecule has 0 saturated heterocycles. The van der Waals surface area contributed by atoms with Crippen LogP contribution in [0.1, 0.15) is 37.6 Å². The molecule has 0 saturated carbocycles. The highest BCUT2D eigenvalue weighted by Gasteiger charge is 2.19. The average Bonchev–Trinajstić information content (AvgIpc) is 2.48. The Bertz CT molecular complexity index is 433. The monoisotopic (exact) mass is 292 g/mol. The fourth-order valence-electron chi connectivity index (χ4n) is 2.17. The number of hydrogen-bond acceptors (Lipinski definition) is 3. The van der Waals surface area contributed by atoms with Crippen LogP contribution >= 0.6 is 0 Å². The zero-order valence-electron chi connectivity index (χ0n) is 13.7. The van der Waals surface area contributed by atoms with Crippen LogP contribution in [-0.2, 0) is 4.74 Å². The number of rotatable bonds is 9. The first-order valence-electron chi connectivity index (χ1n) is 7.71. The maximum absolute atomic E-state index is 12.8. The van der Waals surface area contributed by atoms with Gasteiger partial charge in [-0.15, -0.1) is 0 Å². The number of nitrogens with zero attached hydrogens (tertiary/aromatic N) is 1. The summed E-state index contributed by atoms with van der Waals surface area (Å²) in [6, 6.07) is 7.72.